The summed E-state index contributed by atoms with van der Waals surface area (Å²) in [5.74, 6) is 2.18. The minimum atomic E-state index is -0.127. The Kier molecular flexibility index (Phi) is 10.2. The largest absolute Gasteiger partial charge is 0.467 e. The highest BCUT2D eigenvalue weighted by Crippen LogP contribution is 2.28. The lowest BCUT2D eigenvalue weighted by Crippen LogP contribution is -2.40. The molecule has 1 aromatic heterocycles. The Balaban J connectivity index is 0.00000320. The molecule has 1 aliphatic rings. The number of hydrogen-bond donors (Lipinski definition) is 2. The number of benzene rings is 1. The van der Waals surface area contributed by atoms with E-state index in [0.717, 1.165) is 36.4 Å². The standard InChI is InChI=1S/C22H30N4O3.HI/c1-23-22(26(2)10-12-28-16-17-8-9-17)25-14-18-5-3-6-19(13-18)21(27)24-15-20-7-4-11-29-20;/h3-7,11,13,17H,8-10,12,14-16H2,1-2H3,(H,23,25)(H,24,27);1H. The van der Waals surface area contributed by atoms with Crippen LogP contribution in [0, 0.1) is 5.92 Å². The highest BCUT2D eigenvalue weighted by molar-refractivity contribution is 14.0. The molecular formula is C22H31IN4O3. The number of amides is 1. The second kappa shape index (κ2) is 12.6. The molecule has 3 rings (SSSR count). The van der Waals surface area contributed by atoms with E-state index < -0.39 is 0 Å². The Morgan fingerprint density at radius 2 is 2.07 bits per heavy atom. The SMILES string of the molecule is CN=C(NCc1cccc(C(=O)NCc2ccco2)c1)N(C)CCOCC1CC1.I. The molecule has 0 bridgehead atoms. The van der Waals surface area contributed by atoms with E-state index in [2.05, 4.69) is 15.6 Å². The normalized spacial score (nSPS) is 13.5. The zero-order chi connectivity index (χ0) is 20.5. The maximum Gasteiger partial charge on any atom is 0.251 e. The summed E-state index contributed by atoms with van der Waals surface area (Å²) in [4.78, 5) is 18.8. The Morgan fingerprint density at radius 1 is 1.23 bits per heavy atom. The summed E-state index contributed by atoms with van der Waals surface area (Å²) in [6.45, 7) is 3.29. The summed E-state index contributed by atoms with van der Waals surface area (Å²) in [5.41, 5.74) is 1.63. The van der Waals surface area contributed by atoms with Crippen LogP contribution in [0.1, 0.15) is 34.5 Å². The van der Waals surface area contributed by atoms with E-state index in [-0.39, 0.29) is 29.9 Å². The molecule has 0 radical (unpaired) electrons. The quantitative estimate of drug-likeness (QED) is 0.215. The van der Waals surface area contributed by atoms with Gasteiger partial charge in [-0.05, 0) is 48.6 Å². The van der Waals surface area contributed by atoms with Gasteiger partial charge in [0.25, 0.3) is 5.91 Å². The van der Waals surface area contributed by atoms with Crippen LogP contribution in [0.2, 0.25) is 0 Å². The number of carbonyl (C=O) groups excluding carboxylic acids is 1. The molecular weight excluding hydrogens is 495 g/mol. The Morgan fingerprint density at radius 3 is 2.77 bits per heavy atom. The smallest absolute Gasteiger partial charge is 0.251 e. The van der Waals surface area contributed by atoms with E-state index in [1.807, 2.05) is 36.2 Å². The molecule has 0 atom stereocenters. The van der Waals surface area contributed by atoms with Crippen molar-refractivity contribution in [2.24, 2.45) is 10.9 Å². The van der Waals surface area contributed by atoms with Gasteiger partial charge in [-0.2, -0.15) is 0 Å². The average molecular weight is 526 g/mol. The number of nitrogens with one attached hydrogen (secondary N) is 2. The second-order valence-corrected chi connectivity index (χ2v) is 7.30. The van der Waals surface area contributed by atoms with Gasteiger partial charge in [-0.15, -0.1) is 24.0 Å². The molecule has 8 heteroatoms. The first-order valence-electron chi connectivity index (χ1n) is 10.0. The predicted octanol–water partition coefficient (Wildman–Crippen LogP) is 3.26. The van der Waals surface area contributed by atoms with Crippen molar-refractivity contribution in [2.75, 3.05) is 33.9 Å². The number of furan rings is 1. The summed E-state index contributed by atoms with van der Waals surface area (Å²) in [6.07, 6.45) is 4.20. The van der Waals surface area contributed by atoms with Crippen molar-refractivity contribution >= 4 is 35.8 Å². The molecule has 0 spiro atoms. The van der Waals surface area contributed by atoms with Crippen LogP contribution in [0.15, 0.2) is 52.1 Å². The highest BCUT2D eigenvalue weighted by Gasteiger charge is 2.21. The van der Waals surface area contributed by atoms with Crippen LogP contribution in [-0.2, 0) is 17.8 Å². The third kappa shape index (κ3) is 7.98. The first kappa shape index (κ1) is 24.2. The van der Waals surface area contributed by atoms with E-state index in [9.17, 15) is 4.79 Å². The van der Waals surface area contributed by atoms with Crippen molar-refractivity contribution in [2.45, 2.75) is 25.9 Å². The monoisotopic (exact) mass is 526 g/mol. The fourth-order valence-corrected chi connectivity index (χ4v) is 2.91. The molecule has 1 heterocycles. The summed E-state index contributed by atoms with van der Waals surface area (Å²) in [5, 5.41) is 6.21. The predicted molar refractivity (Wildman–Crippen MR) is 128 cm³/mol. The molecule has 0 unspecified atom stereocenters. The van der Waals surface area contributed by atoms with Crippen LogP contribution >= 0.6 is 24.0 Å². The van der Waals surface area contributed by atoms with Crippen molar-refractivity contribution in [3.8, 4) is 0 Å². The second-order valence-electron chi connectivity index (χ2n) is 7.30. The number of hydrogen-bond acceptors (Lipinski definition) is 4. The molecule has 1 amide bonds. The third-order valence-electron chi connectivity index (χ3n) is 4.84. The Labute approximate surface area is 195 Å². The highest BCUT2D eigenvalue weighted by atomic mass is 127. The van der Waals surface area contributed by atoms with Gasteiger partial charge in [0.2, 0.25) is 0 Å². The average Bonchev–Trinajstić information content (AvgIpc) is 3.42. The van der Waals surface area contributed by atoms with E-state index >= 15 is 0 Å². The van der Waals surface area contributed by atoms with Crippen molar-refractivity contribution < 1.29 is 13.9 Å². The molecule has 1 fully saturated rings. The molecule has 164 valence electrons. The van der Waals surface area contributed by atoms with E-state index in [4.69, 9.17) is 9.15 Å². The van der Waals surface area contributed by atoms with Gasteiger partial charge < -0.3 is 24.7 Å². The maximum absolute atomic E-state index is 12.4. The molecule has 2 aromatic rings. The first-order valence-corrected chi connectivity index (χ1v) is 10.0. The maximum atomic E-state index is 12.4. The summed E-state index contributed by atoms with van der Waals surface area (Å²) in [7, 11) is 3.76. The summed E-state index contributed by atoms with van der Waals surface area (Å²) < 4.78 is 10.9. The number of aliphatic imine (C=N–C) groups is 1. The molecule has 1 aromatic carbocycles. The molecule has 30 heavy (non-hydrogen) atoms. The van der Waals surface area contributed by atoms with Gasteiger partial charge in [-0.25, -0.2) is 0 Å². The van der Waals surface area contributed by atoms with Crippen molar-refractivity contribution in [1.29, 1.82) is 0 Å². The lowest BCUT2D eigenvalue weighted by atomic mass is 10.1. The van der Waals surface area contributed by atoms with Crippen LogP contribution in [0.4, 0.5) is 0 Å². The van der Waals surface area contributed by atoms with E-state index in [0.29, 0.717) is 25.3 Å². The lowest BCUT2D eigenvalue weighted by molar-refractivity contribution is 0.0948. The van der Waals surface area contributed by atoms with E-state index in [1.165, 1.54) is 12.8 Å². The molecule has 7 nitrogen and oxygen atoms in total. The number of nitrogens with zero attached hydrogens (tertiary/aromatic N) is 2. The van der Waals surface area contributed by atoms with Crippen molar-refractivity contribution in [1.82, 2.24) is 15.5 Å². The number of guanidine groups is 1. The topological polar surface area (TPSA) is 79.1 Å². The van der Waals surface area contributed by atoms with Crippen LogP contribution < -0.4 is 10.6 Å². The van der Waals surface area contributed by atoms with Crippen molar-refractivity contribution in [3.05, 3.63) is 59.5 Å². The number of likely N-dealkylation sites (N-methyl/N-ethyl adjacent to an activating group) is 1. The van der Waals surface area contributed by atoms with Crippen LogP contribution in [0.3, 0.4) is 0 Å². The zero-order valence-corrected chi connectivity index (χ0v) is 19.9. The zero-order valence-electron chi connectivity index (χ0n) is 17.6. The van der Waals surface area contributed by atoms with Gasteiger partial charge in [0.15, 0.2) is 5.96 Å². The number of halogens is 1. The molecule has 0 aliphatic heterocycles. The first-order chi connectivity index (χ1) is 14.2. The van der Waals surface area contributed by atoms with Gasteiger partial charge in [-0.3, -0.25) is 9.79 Å². The Hall–Kier alpha value is -2.07. The number of rotatable bonds is 10. The van der Waals surface area contributed by atoms with Gasteiger partial charge >= 0.3 is 0 Å². The molecule has 2 N–H and O–H groups in total. The minimum absolute atomic E-state index is 0. The Bertz CT molecular complexity index is 806. The van der Waals surface area contributed by atoms with Crippen LogP contribution in [-0.4, -0.2) is 50.6 Å². The molecule has 0 saturated heterocycles. The molecule has 1 saturated carbocycles. The fourth-order valence-electron chi connectivity index (χ4n) is 2.91. The van der Waals surface area contributed by atoms with Gasteiger partial charge in [0, 0.05) is 39.4 Å². The fraction of sp³-hybridized carbons (Fsp3) is 0.455. The number of ether oxygens (including phenoxy) is 1. The van der Waals surface area contributed by atoms with Crippen LogP contribution in [0.25, 0.3) is 0 Å². The van der Waals surface area contributed by atoms with Gasteiger partial charge in [-0.1, -0.05) is 12.1 Å². The summed E-state index contributed by atoms with van der Waals surface area (Å²) in [6, 6.07) is 11.2. The van der Waals surface area contributed by atoms with Crippen molar-refractivity contribution in [3.63, 3.8) is 0 Å². The van der Waals surface area contributed by atoms with Gasteiger partial charge in [0.05, 0.1) is 19.4 Å². The van der Waals surface area contributed by atoms with Crippen LogP contribution in [0.5, 0.6) is 0 Å². The third-order valence-corrected chi connectivity index (χ3v) is 4.84. The lowest BCUT2D eigenvalue weighted by Gasteiger charge is -2.22. The molecule has 1 aliphatic carbocycles. The van der Waals surface area contributed by atoms with E-state index in [1.54, 1.807) is 25.4 Å². The minimum Gasteiger partial charge on any atom is -0.467 e. The number of carbonyl (C=O) groups is 1. The van der Waals surface area contributed by atoms with Gasteiger partial charge in [0.1, 0.15) is 5.76 Å². The summed E-state index contributed by atoms with van der Waals surface area (Å²) >= 11 is 0.